The maximum absolute atomic E-state index is 13.1. The molecule has 1 aliphatic heterocycles. The number of hydrogen-bond acceptors (Lipinski definition) is 7. The number of nitrogens with one attached hydrogen (secondary N) is 2. The van der Waals surface area contributed by atoms with Crippen molar-refractivity contribution in [2.24, 2.45) is 5.92 Å². The van der Waals surface area contributed by atoms with Crippen LogP contribution in [-0.2, 0) is 24.8 Å². The molecule has 0 bridgehead atoms. The van der Waals surface area contributed by atoms with Crippen molar-refractivity contribution in [3.63, 3.8) is 0 Å². The largest absolute Gasteiger partial charge is 0.497 e. The summed E-state index contributed by atoms with van der Waals surface area (Å²) < 4.78 is 65.6. The Bertz CT molecular complexity index is 1470. The minimum Gasteiger partial charge on any atom is -0.497 e. The first kappa shape index (κ1) is 27.4. The summed E-state index contributed by atoms with van der Waals surface area (Å²) in [5, 5.41) is 2.77. The van der Waals surface area contributed by atoms with Crippen LogP contribution in [0.2, 0.25) is 0 Å². The van der Waals surface area contributed by atoms with Crippen molar-refractivity contribution in [2.75, 3.05) is 37.3 Å². The maximum atomic E-state index is 13.1. The predicted molar refractivity (Wildman–Crippen MR) is 143 cm³/mol. The molecule has 1 aliphatic rings. The average Bonchev–Trinajstić information content (AvgIpc) is 2.93. The Hall–Kier alpha value is -3.61. The third kappa shape index (κ3) is 6.26. The van der Waals surface area contributed by atoms with E-state index in [9.17, 15) is 21.6 Å². The zero-order chi connectivity index (χ0) is 27.3. The Kier molecular flexibility index (Phi) is 8.24. The van der Waals surface area contributed by atoms with Crippen molar-refractivity contribution in [2.45, 2.75) is 22.6 Å². The fraction of sp³-hybridized carbons (Fsp3) is 0.269. The van der Waals surface area contributed by atoms with Crippen molar-refractivity contribution in [1.82, 2.24) is 4.31 Å². The molecule has 0 spiro atoms. The van der Waals surface area contributed by atoms with E-state index in [-0.39, 0.29) is 22.2 Å². The van der Waals surface area contributed by atoms with Crippen LogP contribution < -0.4 is 19.5 Å². The number of benzene rings is 3. The highest BCUT2D eigenvalue weighted by Gasteiger charge is 2.33. The van der Waals surface area contributed by atoms with Gasteiger partial charge in [-0.25, -0.2) is 16.8 Å². The van der Waals surface area contributed by atoms with Crippen LogP contribution in [0.25, 0.3) is 0 Å². The Labute approximate surface area is 222 Å². The molecular formula is C26H29N3O7S2. The number of ether oxygens (including phenoxy) is 2. The lowest BCUT2D eigenvalue weighted by Crippen LogP contribution is -2.43. The van der Waals surface area contributed by atoms with E-state index >= 15 is 0 Å². The van der Waals surface area contributed by atoms with Gasteiger partial charge in [0.2, 0.25) is 15.9 Å². The average molecular weight is 560 g/mol. The maximum Gasteiger partial charge on any atom is 0.261 e. The number of amides is 1. The second-order valence-electron chi connectivity index (χ2n) is 8.73. The minimum atomic E-state index is -3.84. The monoisotopic (exact) mass is 559 g/mol. The van der Waals surface area contributed by atoms with Crippen molar-refractivity contribution in [3.05, 3.63) is 72.8 Å². The summed E-state index contributed by atoms with van der Waals surface area (Å²) in [6, 6.07) is 18.4. The lowest BCUT2D eigenvalue weighted by Gasteiger charge is -2.31. The van der Waals surface area contributed by atoms with Crippen molar-refractivity contribution >= 4 is 37.3 Å². The SMILES string of the molecule is COc1ccc(NS(=O)(=O)c2ccc(NC(=O)[C@@H]3CCCN(S(=O)(=O)c4ccc(OC)cc4)C3)cc2)cc1. The molecule has 1 amide bonds. The van der Waals surface area contributed by atoms with E-state index in [1.165, 1.54) is 54.9 Å². The van der Waals surface area contributed by atoms with Gasteiger partial charge >= 0.3 is 0 Å². The van der Waals surface area contributed by atoms with Gasteiger partial charge in [-0.2, -0.15) is 4.31 Å². The molecule has 12 heteroatoms. The molecule has 202 valence electrons. The highest BCUT2D eigenvalue weighted by atomic mass is 32.2. The smallest absolute Gasteiger partial charge is 0.261 e. The van der Waals surface area contributed by atoms with E-state index < -0.39 is 26.0 Å². The number of hydrogen-bond donors (Lipinski definition) is 2. The summed E-state index contributed by atoms with van der Waals surface area (Å²) >= 11 is 0. The van der Waals surface area contributed by atoms with Gasteiger partial charge in [-0.1, -0.05) is 0 Å². The molecule has 38 heavy (non-hydrogen) atoms. The summed E-state index contributed by atoms with van der Waals surface area (Å²) in [5.74, 6) is 0.283. The normalized spacial score (nSPS) is 16.4. The molecule has 0 radical (unpaired) electrons. The van der Waals surface area contributed by atoms with Crippen molar-refractivity contribution in [3.8, 4) is 11.5 Å². The first-order chi connectivity index (χ1) is 18.1. The second kappa shape index (κ2) is 11.4. The van der Waals surface area contributed by atoms with Gasteiger partial charge in [-0.05, 0) is 85.6 Å². The third-order valence-corrected chi connectivity index (χ3v) is 9.50. The number of carbonyl (C=O) groups is 1. The second-order valence-corrected chi connectivity index (χ2v) is 12.3. The summed E-state index contributed by atoms with van der Waals surface area (Å²) in [6.07, 6.45) is 1.08. The molecule has 3 aromatic rings. The van der Waals surface area contributed by atoms with Crippen LogP contribution in [0.3, 0.4) is 0 Å². The molecule has 10 nitrogen and oxygen atoms in total. The summed E-state index contributed by atoms with van der Waals surface area (Å²) in [4.78, 5) is 13.1. The lowest BCUT2D eigenvalue weighted by atomic mass is 9.99. The number of anilines is 2. The first-order valence-electron chi connectivity index (χ1n) is 11.8. The molecule has 1 saturated heterocycles. The number of methoxy groups -OCH3 is 2. The number of sulfonamides is 2. The Morgan fingerprint density at radius 3 is 1.89 bits per heavy atom. The number of rotatable bonds is 9. The highest BCUT2D eigenvalue weighted by Crippen LogP contribution is 2.26. The molecular weight excluding hydrogens is 530 g/mol. The van der Waals surface area contributed by atoms with Gasteiger partial charge in [0.1, 0.15) is 11.5 Å². The molecule has 0 saturated carbocycles. The molecule has 1 heterocycles. The number of nitrogens with zero attached hydrogens (tertiary/aromatic N) is 1. The molecule has 0 aliphatic carbocycles. The lowest BCUT2D eigenvalue weighted by molar-refractivity contribution is -0.120. The Morgan fingerprint density at radius 2 is 1.32 bits per heavy atom. The Balaban J connectivity index is 1.39. The quantitative estimate of drug-likeness (QED) is 0.410. The molecule has 3 aromatic carbocycles. The van der Waals surface area contributed by atoms with Gasteiger partial charge in [0.25, 0.3) is 10.0 Å². The summed E-state index contributed by atoms with van der Waals surface area (Å²) in [5.41, 5.74) is 0.795. The minimum absolute atomic E-state index is 0.0285. The predicted octanol–water partition coefficient (Wildman–Crippen LogP) is 3.54. The van der Waals surface area contributed by atoms with E-state index in [1.807, 2.05) is 0 Å². The van der Waals surface area contributed by atoms with E-state index in [4.69, 9.17) is 9.47 Å². The zero-order valence-corrected chi connectivity index (χ0v) is 22.6. The topological polar surface area (TPSA) is 131 Å². The van der Waals surface area contributed by atoms with Crippen LogP contribution in [-0.4, -0.2) is 54.4 Å². The van der Waals surface area contributed by atoms with Gasteiger partial charge in [-0.3, -0.25) is 9.52 Å². The summed E-state index contributed by atoms with van der Waals surface area (Å²) in [7, 11) is -4.57. The van der Waals surface area contributed by atoms with Crippen molar-refractivity contribution < 1.29 is 31.1 Å². The van der Waals surface area contributed by atoms with Crippen LogP contribution >= 0.6 is 0 Å². The highest BCUT2D eigenvalue weighted by molar-refractivity contribution is 7.92. The molecule has 1 fully saturated rings. The van der Waals surface area contributed by atoms with Crippen LogP contribution in [0.15, 0.2) is 82.6 Å². The molecule has 1 atom stereocenters. The van der Waals surface area contributed by atoms with Crippen LogP contribution in [0.5, 0.6) is 11.5 Å². The fourth-order valence-electron chi connectivity index (χ4n) is 4.11. The van der Waals surface area contributed by atoms with E-state index in [1.54, 1.807) is 36.4 Å². The molecule has 0 unspecified atom stereocenters. The standard InChI is InChI=1S/C26H29N3O7S2/c1-35-22-9-5-21(6-10-22)28-37(31,32)24-13-7-20(8-14-24)27-26(30)19-4-3-17-29(18-19)38(33,34)25-15-11-23(36-2)12-16-25/h5-16,19,28H,3-4,17-18H2,1-2H3,(H,27,30)/t19-/m1/s1. The summed E-state index contributed by atoms with van der Waals surface area (Å²) in [6.45, 7) is 0.379. The fourth-order valence-corrected chi connectivity index (χ4v) is 6.69. The Morgan fingerprint density at radius 1 is 0.789 bits per heavy atom. The number of carbonyl (C=O) groups excluding carboxylic acids is 1. The first-order valence-corrected chi connectivity index (χ1v) is 14.8. The van der Waals surface area contributed by atoms with Crippen LogP contribution in [0.1, 0.15) is 12.8 Å². The zero-order valence-electron chi connectivity index (χ0n) is 21.0. The number of piperidine rings is 1. The van der Waals surface area contributed by atoms with E-state index in [0.29, 0.717) is 42.3 Å². The van der Waals surface area contributed by atoms with Gasteiger partial charge in [-0.15, -0.1) is 0 Å². The van der Waals surface area contributed by atoms with E-state index in [0.717, 1.165) is 0 Å². The van der Waals surface area contributed by atoms with Crippen molar-refractivity contribution in [1.29, 1.82) is 0 Å². The van der Waals surface area contributed by atoms with Gasteiger partial charge in [0.05, 0.1) is 29.9 Å². The van der Waals surface area contributed by atoms with Gasteiger partial charge in [0, 0.05) is 24.5 Å². The van der Waals surface area contributed by atoms with Gasteiger partial charge < -0.3 is 14.8 Å². The van der Waals surface area contributed by atoms with Crippen LogP contribution in [0.4, 0.5) is 11.4 Å². The van der Waals surface area contributed by atoms with Gasteiger partial charge in [0.15, 0.2) is 0 Å². The van der Waals surface area contributed by atoms with E-state index in [2.05, 4.69) is 10.0 Å². The molecule has 2 N–H and O–H groups in total. The molecule has 0 aromatic heterocycles. The van der Waals surface area contributed by atoms with Crippen LogP contribution in [0, 0.1) is 5.92 Å². The molecule has 4 rings (SSSR count). The third-order valence-electron chi connectivity index (χ3n) is 6.23.